The molecule has 0 aromatic heterocycles. The van der Waals surface area contributed by atoms with Crippen LogP contribution >= 0.6 is 24.0 Å². The minimum absolute atomic E-state index is 0. The number of hydrogen-bond donors (Lipinski definition) is 3. The fraction of sp³-hybridized carbons (Fsp3) is 0.909. The normalized spacial score (nSPS) is 12.1. The maximum Gasteiger partial charge on any atom is 0.188 e. The summed E-state index contributed by atoms with van der Waals surface area (Å²) in [6.45, 7) is 7.26. The molecule has 0 aromatic rings. The molecule has 0 atom stereocenters. The van der Waals surface area contributed by atoms with E-state index in [1.807, 2.05) is 6.92 Å². The third kappa shape index (κ3) is 8.15. The monoisotopic (exact) mass is 343 g/mol. The molecule has 0 fully saturated rings. The van der Waals surface area contributed by atoms with E-state index in [1.54, 1.807) is 0 Å². The van der Waals surface area contributed by atoms with Crippen molar-refractivity contribution in [2.75, 3.05) is 13.1 Å². The van der Waals surface area contributed by atoms with Crippen molar-refractivity contribution < 1.29 is 5.11 Å². The van der Waals surface area contributed by atoms with Crippen LogP contribution in [-0.2, 0) is 0 Å². The molecule has 4 N–H and O–H groups in total. The summed E-state index contributed by atoms with van der Waals surface area (Å²) in [6, 6.07) is 0. The van der Waals surface area contributed by atoms with Crippen LogP contribution in [0, 0.1) is 0 Å². The average Bonchev–Trinajstić information content (AvgIpc) is 2.16. The van der Waals surface area contributed by atoms with Gasteiger partial charge in [0.25, 0.3) is 0 Å². The lowest BCUT2D eigenvalue weighted by molar-refractivity contribution is 0.0306. The number of guanidine groups is 1. The van der Waals surface area contributed by atoms with Gasteiger partial charge in [-0.15, -0.1) is 24.0 Å². The van der Waals surface area contributed by atoms with E-state index in [1.165, 1.54) is 0 Å². The Morgan fingerprint density at radius 1 is 1.25 bits per heavy atom. The Hall–Kier alpha value is -0.0400. The van der Waals surface area contributed by atoms with E-state index in [0.29, 0.717) is 12.5 Å². The molecule has 0 unspecified atom stereocenters. The van der Waals surface area contributed by atoms with Crippen molar-refractivity contribution in [2.24, 2.45) is 10.7 Å². The number of nitrogens with two attached hydrogens (primary N) is 1. The number of aliphatic imine (C=N–C) groups is 1. The van der Waals surface area contributed by atoms with Gasteiger partial charge in [-0.3, -0.25) is 4.99 Å². The molecule has 0 aliphatic carbocycles. The van der Waals surface area contributed by atoms with Gasteiger partial charge >= 0.3 is 0 Å². The maximum atomic E-state index is 10.2. The zero-order valence-corrected chi connectivity index (χ0v) is 13.0. The van der Waals surface area contributed by atoms with Crippen molar-refractivity contribution in [1.29, 1.82) is 0 Å². The Morgan fingerprint density at radius 2 is 1.75 bits per heavy atom. The fourth-order valence-corrected chi connectivity index (χ4v) is 1.68. The molecule has 0 aromatic carbocycles. The van der Waals surface area contributed by atoms with Crippen molar-refractivity contribution in [3.8, 4) is 0 Å². The highest BCUT2D eigenvalue weighted by Crippen LogP contribution is 2.19. The number of nitrogens with zero attached hydrogens (tertiary/aromatic N) is 1. The molecule has 98 valence electrons. The molecule has 0 radical (unpaired) electrons. The summed E-state index contributed by atoms with van der Waals surface area (Å²) in [5, 5.41) is 13.2. The third-order valence-corrected chi connectivity index (χ3v) is 2.33. The van der Waals surface area contributed by atoms with Crippen molar-refractivity contribution in [3.63, 3.8) is 0 Å². The van der Waals surface area contributed by atoms with Crippen LogP contribution in [0.1, 0.15) is 46.5 Å². The second-order valence-electron chi connectivity index (χ2n) is 3.96. The topological polar surface area (TPSA) is 70.6 Å². The molecule has 0 spiro atoms. The molecule has 16 heavy (non-hydrogen) atoms. The van der Waals surface area contributed by atoms with Crippen LogP contribution in [0.4, 0.5) is 0 Å². The van der Waals surface area contributed by atoms with Gasteiger partial charge in [0.05, 0.1) is 12.1 Å². The molecule has 0 bridgehead atoms. The van der Waals surface area contributed by atoms with E-state index in [2.05, 4.69) is 24.2 Å². The predicted octanol–water partition coefficient (Wildman–Crippen LogP) is 1.86. The zero-order valence-electron chi connectivity index (χ0n) is 10.6. The summed E-state index contributed by atoms with van der Waals surface area (Å²) in [5.41, 5.74) is 4.93. The molecule has 0 saturated heterocycles. The minimum atomic E-state index is -0.677. The molecule has 0 saturated carbocycles. The number of nitrogens with one attached hydrogen (secondary N) is 1. The van der Waals surface area contributed by atoms with E-state index in [9.17, 15) is 5.11 Å². The van der Waals surface area contributed by atoms with Gasteiger partial charge in [-0.05, 0) is 19.8 Å². The van der Waals surface area contributed by atoms with Gasteiger partial charge in [-0.2, -0.15) is 0 Å². The van der Waals surface area contributed by atoms with Gasteiger partial charge in [0.15, 0.2) is 5.96 Å². The number of hydrogen-bond acceptors (Lipinski definition) is 2. The summed E-state index contributed by atoms with van der Waals surface area (Å²) < 4.78 is 0. The van der Waals surface area contributed by atoms with Gasteiger partial charge < -0.3 is 16.2 Å². The highest BCUT2D eigenvalue weighted by atomic mass is 127. The van der Waals surface area contributed by atoms with Crippen LogP contribution in [0.25, 0.3) is 0 Å². The van der Waals surface area contributed by atoms with E-state index >= 15 is 0 Å². The van der Waals surface area contributed by atoms with Crippen LogP contribution in [0.2, 0.25) is 0 Å². The number of halogens is 1. The second kappa shape index (κ2) is 10.1. The van der Waals surface area contributed by atoms with Crippen molar-refractivity contribution in [3.05, 3.63) is 0 Å². The predicted molar refractivity (Wildman–Crippen MR) is 80.3 cm³/mol. The summed E-state index contributed by atoms with van der Waals surface area (Å²) in [5.74, 6) is 0.420. The fourth-order valence-electron chi connectivity index (χ4n) is 1.68. The van der Waals surface area contributed by atoms with E-state index in [4.69, 9.17) is 5.73 Å². The Kier molecular flexibility index (Phi) is 11.6. The van der Waals surface area contributed by atoms with Crippen LogP contribution in [0.3, 0.4) is 0 Å². The quantitative estimate of drug-likeness (QED) is 0.375. The standard InChI is InChI=1S/C11H25N3O.HI/c1-4-7-11(15,8-5-2)9-14-10(12)13-6-3;/h15H,4-9H2,1-3H3,(H3,12,13,14);1H. The van der Waals surface area contributed by atoms with Gasteiger partial charge in [0, 0.05) is 6.54 Å². The molecule has 0 heterocycles. The van der Waals surface area contributed by atoms with E-state index in [-0.39, 0.29) is 24.0 Å². The van der Waals surface area contributed by atoms with Crippen LogP contribution < -0.4 is 11.1 Å². The van der Waals surface area contributed by atoms with Crippen molar-refractivity contribution in [1.82, 2.24) is 5.32 Å². The first-order valence-electron chi connectivity index (χ1n) is 5.84. The number of aliphatic hydroxyl groups is 1. The summed E-state index contributed by atoms with van der Waals surface area (Å²) in [6.07, 6.45) is 3.49. The van der Waals surface area contributed by atoms with E-state index in [0.717, 1.165) is 32.2 Å². The average molecular weight is 343 g/mol. The largest absolute Gasteiger partial charge is 0.388 e. The Labute approximate surface area is 116 Å². The van der Waals surface area contributed by atoms with Gasteiger partial charge in [-0.25, -0.2) is 0 Å². The minimum Gasteiger partial charge on any atom is -0.388 e. The van der Waals surface area contributed by atoms with Gasteiger partial charge in [-0.1, -0.05) is 26.7 Å². The third-order valence-electron chi connectivity index (χ3n) is 2.33. The lowest BCUT2D eigenvalue weighted by atomic mass is 9.93. The summed E-state index contributed by atoms with van der Waals surface area (Å²) in [4.78, 5) is 4.16. The molecule has 0 amide bonds. The van der Waals surface area contributed by atoms with Gasteiger partial charge in [0.1, 0.15) is 0 Å². The molecular formula is C11H26IN3O. The van der Waals surface area contributed by atoms with Crippen molar-refractivity contribution >= 4 is 29.9 Å². The smallest absolute Gasteiger partial charge is 0.188 e. The first kappa shape index (κ1) is 18.3. The highest BCUT2D eigenvalue weighted by molar-refractivity contribution is 14.0. The summed E-state index contributed by atoms with van der Waals surface area (Å²) >= 11 is 0. The molecule has 0 aliphatic heterocycles. The molecule has 5 heteroatoms. The first-order valence-corrected chi connectivity index (χ1v) is 5.84. The second-order valence-corrected chi connectivity index (χ2v) is 3.96. The lowest BCUT2D eigenvalue weighted by Crippen LogP contribution is -2.36. The van der Waals surface area contributed by atoms with Crippen LogP contribution in [-0.4, -0.2) is 29.8 Å². The Balaban J connectivity index is 0. The summed E-state index contributed by atoms with van der Waals surface area (Å²) in [7, 11) is 0. The van der Waals surface area contributed by atoms with Crippen molar-refractivity contribution in [2.45, 2.75) is 52.1 Å². The van der Waals surface area contributed by atoms with Crippen LogP contribution in [0.15, 0.2) is 4.99 Å². The molecular weight excluding hydrogens is 317 g/mol. The van der Waals surface area contributed by atoms with Crippen LogP contribution in [0.5, 0.6) is 0 Å². The highest BCUT2D eigenvalue weighted by Gasteiger charge is 2.24. The first-order chi connectivity index (χ1) is 7.08. The van der Waals surface area contributed by atoms with E-state index < -0.39 is 5.60 Å². The molecule has 4 nitrogen and oxygen atoms in total. The molecule has 0 rings (SSSR count). The zero-order chi connectivity index (χ0) is 11.7. The number of rotatable bonds is 7. The molecule has 0 aliphatic rings. The lowest BCUT2D eigenvalue weighted by Gasteiger charge is -2.25. The SMILES string of the molecule is CCCC(O)(CCC)CN=C(N)NCC.I. The Morgan fingerprint density at radius 3 is 2.12 bits per heavy atom. The van der Waals surface area contributed by atoms with Gasteiger partial charge in [0.2, 0.25) is 0 Å². The maximum absolute atomic E-state index is 10.2. The Bertz CT molecular complexity index is 192.